The molecule has 0 atom stereocenters. The first-order chi connectivity index (χ1) is 11.8. The van der Waals surface area contributed by atoms with Gasteiger partial charge in [-0.15, -0.1) is 0 Å². The molecule has 0 saturated heterocycles. The minimum Gasteiger partial charge on any atom is -0.464 e. The number of ketones is 2. The number of benzene rings is 2. The highest BCUT2D eigenvalue weighted by Gasteiger charge is 2.30. The van der Waals surface area contributed by atoms with Gasteiger partial charge in [-0.3, -0.25) is 9.59 Å². The van der Waals surface area contributed by atoms with Crippen molar-refractivity contribution in [1.82, 2.24) is 0 Å². The standard InChI is InChI=1S/C19H13F3O3/c20-19(21,22)15-4-1-12(2-5-15)16(23)6-7-17(24)13-3-8-18-14(11-13)9-10-25-18/h1-5,8-11H,6-7H2. The molecule has 0 N–H and O–H groups in total. The molecular formula is C19H13F3O3. The summed E-state index contributed by atoms with van der Waals surface area (Å²) in [6.45, 7) is 0. The van der Waals surface area contributed by atoms with Crippen molar-refractivity contribution >= 4 is 22.5 Å². The van der Waals surface area contributed by atoms with Gasteiger partial charge in [0.1, 0.15) is 5.58 Å². The number of hydrogen-bond acceptors (Lipinski definition) is 3. The molecule has 128 valence electrons. The monoisotopic (exact) mass is 346 g/mol. The van der Waals surface area contributed by atoms with E-state index in [4.69, 9.17) is 4.42 Å². The van der Waals surface area contributed by atoms with Gasteiger partial charge in [-0.2, -0.15) is 13.2 Å². The van der Waals surface area contributed by atoms with Crippen molar-refractivity contribution < 1.29 is 27.2 Å². The van der Waals surface area contributed by atoms with Gasteiger partial charge in [-0.25, -0.2) is 0 Å². The molecule has 0 spiro atoms. The van der Waals surface area contributed by atoms with Crippen LogP contribution in [0.25, 0.3) is 11.0 Å². The van der Waals surface area contributed by atoms with E-state index in [2.05, 4.69) is 0 Å². The van der Waals surface area contributed by atoms with Crippen LogP contribution in [-0.4, -0.2) is 11.6 Å². The van der Waals surface area contributed by atoms with E-state index in [0.29, 0.717) is 11.1 Å². The van der Waals surface area contributed by atoms with Crippen LogP contribution in [-0.2, 0) is 6.18 Å². The van der Waals surface area contributed by atoms with Crippen molar-refractivity contribution in [2.24, 2.45) is 0 Å². The van der Waals surface area contributed by atoms with Crippen LogP contribution >= 0.6 is 0 Å². The van der Waals surface area contributed by atoms with Crippen LogP contribution in [0.3, 0.4) is 0 Å². The highest BCUT2D eigenvalue weighted by atomic mass is 19.4. The maximum atomic E-state index is 12.5. The summed E-state index contributed by atoms with van der Waals surface area (Å²) in [7, 11) is 0. The lowest BCUT2D eigenvalue weighted by atomic mass is 10.00. The zero-order valence-electron chi connectivity index (χ0n) is 13.0. The maximum absolute atomic E-state index is 12.5. The fourth-order valence-electron chi connectivity index (χ4n) is 2.50. The SMILES string of the molecule is O=C(CCC(=O)c1ccc2occc2c1)c1ccc(C(F)(F)F)cc1. The average Bonchev–Trinajstić information content (AvgIpc) is 3.06. The quantitative estimate of drug-likeness (QED) is 0.589. The van der Waals surface area contributed by atoms with Gasteiger partial charge in [0.05, 0.1) is 11.8 Å². The van der Waals surface area contributed by atoms with Crippen molar-refractivity contribution in [3.63, 3.8) is 0 Å². The van der Waals surface area contributed by atoms with Gasteiger partial charge in [-0.1, -0.05) is 12.1 Å². The van der Waals surface area contributed by atoms with Crippen molar-refractivity contribution in [1.29, 1.82) is 0 Å². The Morgan fingerprint density at radius 1 is 0.840 bits per heavy atom. The number of carbonyl (C=O) groups excluding carboxylic acids is 2. The first-order valence-electron chi connectivity index (χ1n) is 7.55. The fourth-order valence-corrected chi connectivity index (χ4v) is 2.50. The number of fused-ring (bicyclic) bond motifs is 1. The van der Waals surface area contributed by atoms with Crippen molar-refractivity contribution in [3.8, 4) is 0 Å². The summed E-state index contributed by atoms with van der Waals surface area (Å²) in [5.41, 5.74) is 0.478. The van der Waals surface area contributed by atoms with Gasteiger partial charge in [0.15, 0.2) is 11.6 Å². The van der Waals surface area contributed by atoms with Gasteiger partial charge in [0, 0.05) is 29.4 Å². The van der Waals surface area contributed by atoms with Gasteiger partial charge in [-0.05, 0) is 36.4 Å². The lowest BCUT2D eigenvalue weighted by Gasteiger charge is -2.07. The Kier molecular flexibility index (Phi) is 4.44. The lowest BCUT2D eigenvalue weighted by Crippen LogP contribution is -2.07. The van der Waals surface area contributed by atoms with E-state index < -0.39 is 11.7 Å². The average molecular weight is 346 g/mol. The molecule has 25 heavy (non-hydrogen) atoms. The molecule has 0 aliphatic rings. The van der Waals surface area contributed by atoms with E-state index in [1.165, 1.54) is 6.26 Å². The number of Topliss-reactive ketones (excluding diaryl/α,β-unsaturated/α-hetero) is 2. The van der Waals surface area contributed by atoms with Crippen LogP contribution in [0.15, 0.2) is 59.2 Å². The topological polar surface area (TPSA) is 47.3 Å². The van der Waals surface area contributed by atoms with Crippen LogP contribution in [0.1, 0.15) is 39.1 Å². The molecule has 3 nitrogen and oxygen atoms in total. The second-order valence-corrected chi connectivity index (χ2v) is 5.59. The minimum atomic E-state index is -4.44. The van der Waals surface area contributed by atoms with Crippen LogP contribution < -0.4 is 0 Å². The number of furan rings is 1. The van der Waals surface area contributed by atoms with E-state index >= 15 is 0 Å². The molecular weight excluding hydrogens is 333 g/mol. The number of rotatable bonds is 5. The molecule has 0 fully saturated rings. The zero-order chi connectivity index (χ0) is 18.0. The molecule has 0 saturated carbocycles. The Morgan fingerprint density at radius 3 is 2.08 bits per heavy atom. The van der Waals surface area contributed by atoms with E-state index in [1.54, 1.807) is 24.3 Å². The summed E-state index contributed by atoms with van der Waals surface area (Å²) in [5.74, 6) is -0.574. The first-order valence-corrected chi connectivity index (χ1v) is 7.55. The third kappa shape index (κ3) is 3.79. The predicted molar refractivity (Wildman–Crippen MR) is 85.6 cm³/mol. The van der Waals surface area contributed by atoms with E-state index in [-0.39, 0.29) is 30.0 Å². The van der Waals surface area contributed by atoms with E-state index in [9.17, 15) is 22.8 Å². The molecule has 0 radical (unpaired) electrons. The fraction of sp³-hybridized carbons (Fsp3) is 0.158. The Morgan fingerprint density at radius 2 is 1.44 bits per heavy atom. The highest BCUT2D eigenvalue weighted by Crippen LogP contribution is 2.29. The van der Waals surface area contributed by atoms with Gasteiger partial charge < -0.3 is 4.42 Å². The molecule has 0 aliphatic heterocycles. The third-order valence-electron chi connectivity index (χ3n) is 3.89. The van der Waals surface area contributed by atoms with Crippen LogP contribution in [0.2, 0.25) is 0 Å². The number of alkyl halides is 3. The third-order valence-corrected chi connectivity index (χ3v) is 3.89. The molecule has 3 rings (SSSR count). The molecule has 0 unspecified atom stereocenters. The largest absolute Gasteiger partial charge is 0.464 e. The van der Waals surface area contributed by atoms with E-state index in [0.717, 1.165) is 29.7 Å². The van der Waals surface area contributed by atoms with Gasteiger partial charge >= 0.3 is 6.18 Å². The smallest absolute Gasteiger partial charge is 0.416 e. The van der Waals surface area contributed by atoms with Crippen molar-refractivity contribution in [2.45, 2.75) is 19.0 Å². The molecule has 1 aromatic heterocycles. The van der Waals surface area contributed by atoms with Crippen LogP contribution in [0.5, 0.6) is 0 Å². The summed E-state index contributed by atoms with van der Waals surface area (Å²) in [5, 5.41) is 0.792. The summed E-state index contributed by atoms with van der Waals surface area (Å²) < 4.78 is 42.7. The normalized spacial score (nSPS) is 11.6. The molecule has 6 heteroatoms. The molecule has 0 aliphatic carbocycles. The number of hydrogen-bond donors (Lipinski definition) is 0. The summed E-state index contributed by atoms with van der Waals surface area (Å²) in [6, 6.07) is 10.7. The Bertz CT molecular complexity index is 921. The first kappa shape index (κ1) is 17.0. The number of halogens is 3. The molecule has 2 aromatic carbocycles. The molecule has 3 aromatic rings. The molecule has 0 bridgehead atoms. The van der Waals surface area contributed by atoms with Crippen LogP contribution in [0, 0.1) is 0 Å². The second-order valence-electron chi connectivity index (χ2n) is 5.59. The summed E-state index contributed by atoms with van der Waals surface area (Å²) in [6.07, 6.45) is -2.99. The molecule has 0 amide bonds. The summed E-state index contributed by atoms with van der Waals surface area (Å²) >= 11 is 0. The summed E-state index contributed by atoms with van der Waals surface area (Å²) in [4.78, 5) is 24.3. The maximum Gasteiger partial charge on any atom is 0.416 e. The van der Waals surface area contributed by atoms with Crippen LogP contribution in [0.4, 0.5) is 13.2 Å². The van der Waals surface area contributed by atoms with Gasteiger partial charge in [0.25, 0.3) is 0 Å². The number of carbonyl (C=O) groups is 2. The Labute approximate surface area is 141 Å². The predicted octanol–water partition coefficient (Wildman–Crippen LogP) is 5.30. The lowest BCUT2D eigenvalue weighted by molar-refractivity contribution is -0.137. The molecule has 1 heterocycles. The van der Waals surface area contributed by atoms with Crippen molar-refractivity contribution in [3.05, 3.63) is 71.5 Å². The second kappa shape index (κ2) is 6.55. The highest BCUT2D eigenvalue weighted by molar-refractivity contribution is 6.03. The van der Waals surface area contributed by atoms with E-state index in [1.807, 2.05) is 0 Å². The minimum absolute atomic E-state index is 0.0107. The van der Waals surface area contributed by atoms with Crippen molar-refractivity contribution in [2.75, 3.05) is 0 Å². The zero-order valence-corrected chi connectivity index (χ0v) is 13.0. The Hall–Kier alpha value is -2.89. The van der Waals surface area contributed by atoms with Gasteiger partial charge in [0.2, 0.25) is 0 Å². The Balaban J connectivity index is 1.64.